The van der Waals surface area contributed by atoms with E-state index in [9.17, 15) is 5.11 Å². The Morgan fingerprint density at radius 1 is 0.960 bits per heavy atom. The summed E-state index contributed by atoms with van der Waals surface area (Å²) in [7, 11) is 0. The maximum Gasteiger partial charge on any atom is 0.0557 e. The molecule has 2 atom stereocenters. The fourth-order valence-electron chi connectivity index (χ4n) is 5.00. The summed E-state index contributed by atoms with van der Waals surface area (Å²) >= 11 is 0. The van der Waals surface area contributed by atoms with E-state index in [0.717, 1.165) is 25.9 Å². The summed E-state index contributed by atoms with van der Waals surface area (Å²) < 4.78 is 2.45. The second kappa shape index (κ2) is 6.01. The molecule has 0 amide bonds. The van der Waals surface area contributed by atoms with E-state index in [1.54, 1.807) is 0 Å². The highest BCUT2D eigenvalue weighted by molar-refractivity contribution is 5.88. The second-order valence-corrected chi connectivity index (χ2v) is 7.37. The third-order valence-electron chi connectivity index (χ3n) is 6.06. The van der Waals surface area contributed by atoms with Crippen LogP contribution < -0.4 is 0 Å². The Labute approximate surface area is 148 Å². The number of hydrogen-bond acceptors (Lipinski definition) is 2. The van der Waals surface area contributed by atoms with Crippen LogP contribution in [0.4, 0.5) is 0 Å². The Morgan fingerprint density at radius 3 is 2.60 bits per heavy atom. The lowest BCUT2D eigenvalue weighted by Gasteiger charge is -2.44. The molecule has 0 spiro atoms. The van der Waals surface area contributed by atoms with Crippen molar-refractivity contribution in [2.75, 3.05) is 19.7 Å². The van der Waals surface area contributed by atoms with Gasteiger partial charge in [-0.2, -0.15) is 0 Å². The summed E-state index contributed by atoms with van der Waals surface area (Å²) in [6.07, 6.45) is 3.42. The summed E-state index contributed by atoms with van der Waals surface area (Å²) in [5.74, 6) is 0.333. The van der Waals surface area contributed by atoms with Crippen molar-refractivity contribution in [3.05, 3.63) is 65.9 Å². The first-order valence-corrected chi connectivity index (χ1v) is 9.41. The molecule has 3 aromatic rings. The fourth-order valence-corrected chi connectivity index (χ4v) is 5.00. The largest absolute Gasteiger partial charge is 0.396 e. The summed E-state index contributed by atoms with van der Waals surface area (Å²) in [4.78, 5) is 2.60. The monoisotopic (exact) mass is 332 g/mol. The molecule has 1 N–H and O–H groups in total. The van der Waals surface area contributed by atoms with E-state index in [2.05, 4.69) is 64.1 Å². The van der Waals surface area contributed by atoms with Crippen LogP contribution in [-0.2, 0) is 6.42 Å². The van der Waals surface area contributed by atoms with Gasteiger partial charge in [0.1, 0.15) is 0 Å². The van der Waals surface area contributed by atoms with Crippen LogP contribution in [0.25, 0.3) is 16.6 Å². The molecule has 1 fully saturated rings. The zero-order chi connectivity index (χ0) is 16.8. The van der Waals surface area contributed by atoms with Gasteiger partial charge in [0, 0.05) is 35.8 Å². The zero-order valence-electron chi connectivity index (χ0n) is 14.4. The van der Waals surface area contributed by atoms with Crippen LogP contribution in [0.3, 0.4) is 0 Å². The predicted molar refractivity (Wildman–Crippen MR) is 101 cm³/mol. The van der Waals surface area contributed by atoms with E-state index in [-0.39, 0.29) is 6.61 Å². The van der Waals surface area contributed by atoms with Gasteiger partial charge < -0.3 is 9.67 Å². The zero-order valence-corrected chi connectivity index (χ0v) is 14.4. The topological polar surface area (TPSA) is 28.4 Å². The number of benzene rings is 2. The van der Waals surface area contributed by atoms with Crippen LogP contribution in [0.1, 0.15) is 30.1 Å². The number of hydrogen-bond donors (Lipinski definition) is 1. The van der Waals surface area contributed by atoms with Gasteiger partial charge in [0.2, 0.25) is 0 Å². The van der Waals surface area contributed by atoms with Crippen molar-refractivity contribution < 1.29 is 5.11 Å². The number of aliphatic hydroxyl groups is 1. The Bertz CT molecular complexity index is 899. The van der Waals surface area contributed by atoms with Gasteiger partial charge in [0.25, 0.3) is 0 Å². The number of piperidine rings is 1. The minimum absolute atomic E-state index is 0.275. The van der Waals surface area contributed by atoms with Crippen molar-refractivity contribution in [3.63, 3.8) is 0 Å². The lowest BCUT2D eigenvalue weighted by atomic mass is 9.83. The normalized spacial score (nSPS) is 23.4. The molecule has 0 radical (unpaired) electrons. The van der Waals surface area contributed by atoms with Crippen LogP contribution in [0, 0.1) is 5.92 Å². The van der Waals surface area contributed by atoms with E-state index in [1.807, 2.05) is 0 Å². The van der Waals surface area contributed by atoms with Gasteiger partial charge in [-0.1, -0.05) is 36.4 Å². The van der Waals surface area contributed by atoms with Gasteiger partial charge in [-0.15, -0.1) is 0 Å². The van der Waals surface area contributed by atoms with Crippen molar-refractivity contribution in [1.29, 1.82) is 0 Å². The minimum Gasteiger partial charge on any atom is -0.396 e. The van der Waals surface area contributed by atoms with Gasteiger partial charge in [-0.25, -0.2) is 0 Å². The fraction of sp³-hybridized carbons (Fsp3) is 0.364. The number of nitrogens with zero attached hydrogens (tertiary/aromatic N) is 2. The molecule has 3 heteroatoms. The molecule has 2 aliphatic heterocycles. The summed E-state index contributed by atoms with van der Waals surface area (Å²) in [6.45, 7) is 2.53. The number of rotatable bonds is 2. The lowest BCUT2D eigenvalue weighted by molar-refractivity contribution is 0.0453. The molecule has 0 saturated carbocycles. The maximum absolute atomic E-state index is 10.1. The van der Waals surface area contributed by atoms with Gasteiger partial charge in [-0.05, 0) is 49.6 Å². The Morgan fingerprint density at radius 2 is 1.76 bits per heavy atom. The molecular formula is C22H24N2O. The Kier molecular flexibility index (Phi) is 3.65. The highest BCUT2D eigenvalue weighted by atomic mass is 16.3. The van der Waals surface area contributed by atoms with E-state index in [4.69, 9.17) is 0 Å². The predicted octanol–water partition coefficient (Wildman–Crippen LogP) is 3.93. The smallest absolute Gasteiger partial charge is 0.0557 e. The molecule has 0 aliphatic carbocycles. The Hall–Kier alpha value is -2.10. The van der Waals surface area contributed by atoms with Crippen LogP contribution in [-0.4, -0.2) is 34.3 Å². The van der Waals surface area contributed by atoms with Gasteiger partial charge in [0.05, 0.1) is 11.6 Å². The van der Waals surface area contributed by atoms with E-state index >= 15 is 0 Å². The van der Waals surface area contributed by atoms with Crippen molar-refractivity contribution in [3.8, 4) is 5.69 Å². The van der Waals surface area contributed by atoms with Crippen LogP contribution in [0.5, 0.6) is 0 Å². The number of fused-ring (bicyclic) bond motifs is 5. The quantitative estimate of drug-likeness (QED) is 0.770. The van der Waals surface area contributed by atoms with Gasteiger partial charge >= 0.3 is 0 Å². The van der Waals surface area contributed by atoms with Gasteiger partial charge in [0.15, 0.2) is 0 Å². The minimum atomic E-state index is 0.275. The summed E-state index contributed by atoms with van der Waals surface area (Å²) in [5.41, 5.74) is 5.42. The molecule has 128 valence electrons. The Balaban J connectivity index is 1.82. The van der Waals surface area contributed by atoms with Crippen molar-refractivity contribution in [2.45, 2.75) is 25.3 Å². The highest BCUT2D eigenvalue weighted by Gasteiger charge is 2.39. The number of para-hydroxylation sites is 2. The average Bonchev–Trinajstić information content (AvgIpc) is 3.02. The number of aromatic nitrogens is 1. The van der Waals surface area contributed by atoms with Crippen molar-refractivity contribution in [2.24, 2.45) is 5.92 Å². The molecule has 2 aromatic carbocycles. The molecule has 2 aliphatic rings. The van der Waals surface area contributed by atoms with Crippen molar-refractivity contribution in [1.82, 2.24) is 9.47 Å². The van der Waals surface area contributed by atoms with Crippen LogP contribution in [0.15, 0.2) is 54.6 Å². The number of aliphatic hydroxyl groups excluding tert-OH is 1. The van der Waals surface area contributed by atoms with Crippen molar-refractivity contribution >= 4 is 10.9 Å². The molecule has 1 aromatic heterocycles. The first kappa shape index (κ1) is 15.2. The lowest BCUT2D eigenvalue weighted by Crippen LogP contribution is -2.45. The second-order valence-electron chi connectivity index (χ2n) is 7.37. The standard InChI is InChI=1S/C22H24N2O/c25-15-16-7-6-13-23-14-12-19-18-10-4-5-11-20(18)24(22(19)21(16)23)17-8-2-1-3-9-17/h1-5,8-11,16,21,25H,6-7,12-15H2/t16-,21?/m1/s1. The molecular weight excluding hydrogens is 308 g/mol. The first-order valence-electron chi connectivity index (χ1n) is 9.41. The molecule has 1 saturated heterocycles. The van der Waals surface area contributed by atoms with Crippen LogP contribution in [0.2, 0.25) is 0 Å². The molecule has 3 heterocycles. The maximum atomic E-state index is 10.1. The SMILES string of the molecule is OC[C@H]1CCCN2CCc3c(n(-c4ccccc4)c4ccccc34)C12. The highest BCUT2D eigenvalue weighted by Crippen LogP contribution is 2.45. The first-order chi connectivity index (χ1) is 12.4. The molecule has 0 bridgehead atoms. The summed E-state index contributed by atoms with van der Waals surface area (Å²) in [6, 6.07) is 19.8. The molecule has 25 heavy (non-hydrogen) atoms. The average molecular weight is 332 g/mol. The van der Waals surface area contributed by atoms with Crippen LogP contribution >= 0.6 is 0 Å². The molecule has 5 rings (SSSR count). The third kappa shape index (κ3) is 2.26. The van der Waals surface area contributed by atoms with E-state index in [0.29, 0.717) is 12.0 Å². The van der Waals surface area contributed by atoms with Gasteiger partial charge in [-0.3, -0.25) is 4.90 Å². The van der Waals surface area contributed by atoms with E-state index < -0.39 is 0 Å². The molecule has 1 unspecified atom stereocenters. The summed E-state index contributed by atoms with van der Waals surface area (Å²) in [5, 5.41) is 11.4. The molecule has 3 nitrogen and oxygen atoms in total. The third-order valence-corrected chi connectivity index (χ3v) is 6.06. The van der Waals surface area contributed by atoms with E-state index in [1.165, 1.54) is 34.3 Å².